The molecule has 1 heterocycles. The van der Waals surface area contributed by atoms with Crippen LogP contribution in [0.25, 0.3) is 5.69 Å². The molecule has 0 aliphatic rings. The summed E-state index contributed by atoms with van der Waals surface area (Å²) in [5.74, 6) is -0.920. The van der Waals surface area contributed by atoms with E-state index in [1.54, 1.807) is 29.2 Å². The van der Waals surface area contributed by atoms with Crippen molar-refractivity contribution >= 4 is 11.8 Å². The number of carbonyl (C=O) groups is 2. The van der Waals surface area contributed by atoms with Crippen molar-refractivity contribution in [2.75, 3.05) is 0 Å². The molecule has 132 valence electrons. The van der Waals surface area contributed by atoms with Crippen LogP contribution in [0.5, 0.6) is 0 Å². The molecule has 3 rings (SSSR count). The van der Waals surface area contributed by atoms with Gasteiger partial charge in [0.2, 0.25) is 5.91 Å². The lowest BCUT2D eigenvalue weighted by atomic mass is 10.0. The Hall–Kier alpha value is -3.48. The van der Waals surface area contributed by atoms with Gasteiger partial charge < -0.3 is 11.1 Å². The molecular formula is C19H19N5O2. The number of nitrogens with one attached hydrogen (secondary N) is 1. The van der Waals surface area contributed by atoms with Gasteiger partial charge in [0.15, 0.2) is 0 Å². The zero-order valence-electron chi connectivity index (χ0n) is 14.3. The minimum Gasteiger partial charge on any atom is -0.368 e. The molecule has 0 aliphatic carbocycles. The Kier molecular flexibility index (Phi) is 5.07. The Labute approximate surface area is 150 Å². The molecule has 2 amide bonds. The van der Waals surface area contributed by atoms with E-state index in [0.717, 1.165) is 16.8 Å². The predicted molar refractivity (Wildman–Crippen MR) is 96.7 cm³/mol. The van der Waals surface area contributed by atoms with E-state index in [4.69, 9.17) is 5.73 Å². The number of aromatic nitrogens is 3. The molecule has 7 nitrogen and oxygen atoms in total. The van der Waals surface area contributed by atoms with E-state index >= 15 is 0 Å². The van der Waals surface area contributed by atoms with Gasteiger partial charge in [0.25, 0.3) is 5.91 Å². The van der Waals surface area contributed by atoms with Crippen LogP contribution in [0.15, 0.2) is 61.2 Å². The van der Waals surface area contributed by atoms with E-state index in [1.165, 1.54) is 6.33 Å². The smallest absolute Gasteiger partial charge is 0.251 e. The van der Waals surface area contributed by atoms with Gasteiger partial charge in [-0.05, 0) is 36.2 Å². The van der Waals surface area contributed by atoms with Gasteiger partial charge in [-0.3, -0.25) is 9.59 Å². The topological polar surface area (TPSA) is 103 Å². The van der Waals surface area contributed by atoms with Crippen LogP contribution < -0.4 is 11.1 Å². The molecule has 1 aromatic heterocycles. The van der Waals surface area contributed by atoms with Gasteiger partial charge in [0.1, 0.15) is 18.7 Å². The Morgan fingerprint density at radius 2 is 1.96 bits per heavy atom. The number of benzene rings is 2. The Balaban J connectivity index is 1.75. The average molecular weight is 349 g/mol. The van der Waals surface area contributed by atoms with Crippen molar-refractivity contribution in [1.82, 2.24) is 20.1 Å². The van der Waals surface area contributed by atoms with Crippen molar-refractivity contribution in [3.63, 3.8) is 0 Å². The van der Waals surface area contributed by atoms with E-state index in [9.17, 15) is 9.59 Å². The first-order chi connectivity index (χ1) is 12.5. The van der Waals surface area contributed by atoms with Gasteiger partial charge in [-0.2, -0.15) is 5.10 Å². The molecule has 0 bridgehead atoms. The number of carbonyl (C=O) groups excluding carboxylic acids is 2. The van der Waals surface area contributed by atoms with E-state index in [-0.39, 0.29) is 5.91 Å². The van der Waals surface area contributed by atoms with Gasteiger partial charge in [-0.1, -0.05) is 30.3 Å². The molecule has 0 aliphatic heterocycles. The molecule has 1 unspecified atom stereocenters. The largest absolute Gasteiger partial charge is 0.368 e. The highest BCUT2D eigenvalue weighted by Crippen LogP contribution is 2.15. The first kappa shape index (κ1) is 17.3. The van der Waals surface area contributed by atoms with Gasteiger partial charge in [0.05, 0.1) is 5.69 Å². The molecule has 1 atom stereocenters. The second-order valence-corrected chi connectivity index (χ2v) is 5.96. The van der Waals surface area contributed by atoms with Crippen molar-refractivity contribution in [3.05, 3.63) is 77.9 Å². The minimum atomic E-state index is -0.778. The molecule has 26 heavy (non-hydrogen) atoms. The molecule has 0 saturated heterocycles. The first-order valence-electron chi connectivity index (χ1n) is 8.14. The van der Waals surface area contributed by atoms with Gasteiger partial charge >= 0.3 is 0 Å². The lowest BCUT2D eigenvalue weighted by molar-refractivity contribution is -0.119. The number of rotatable bonds is 6. The maximum Gasteiger partial charge on any atom is 0.251 e. The molecule has 3 aromatic rings. The van der Waals surface area contributed by atoms with E-state index in [2.05, 4.69) is 15.4 Å². The fourth-order valence-electron chi connectivity index (χ4n) is 2.70. The van der Waals surface area contributed by atoms with Crippen LogP contribution in [-0.4, -0.2) is 32.6 Å². The SMILES string of the molecule is Cc1cc(C(=O)NC(Cc2ccccc2)C(N)=O)ccc1-n1cncn1. The summed E-state index contributed by atoms with van der Waals surface area (Å²) < 4.78 is 1.62. The Morgan fingerprint density at radius 3 is 2.58 bits per heavy atom. The molecule has 0 spiro atoms. The second kappa shape index (κ2) is 7.60. The molecule has 7 heteroatoms. The van der Waals surface area contributed by atoms with Crippen LogP contribution in [0.4, 0.5) is 0 Å². The summed E-state index contributed by atoms with van der Waals surface area (Å²) in [5.41, 5.74) is 8.52. The van der Waals surface area contributed by atoms with Crippen molar-refractivity contribution in [3.8, 4) is 5.69 Å². The van der Waals surface area contributed by atoms with Crippen LogP contribution in [0.3, 0.4) is 0 Å². The normalized spacial score (nSPS) is 11.7. The fraction of sp³-hybridized carbons (Fsp3) is 0.158. The summed E-state index contributed by atoms with van der Waals surface area (Å²) in [6.45, 7) is 1.88. The third-order valence-electron chi connectivity index (χ3n) is 4.06. The predicted octanol–water partition coefficient (Wildman–Crippen LogP) is 1.40. The van der Waals surface area contributed by atoms with Crippen molar-refractivity contribution < 1.29 is 9.59 Å². The second-order valence-electron chi connectivity index (χ2n) is 5.96. The van der Waals surface area contributed by atoms with E-state index in [0.29, 0.717) is 12.0 Å². The van der Waals surface area contributed by atoms with E-state index < -0.39 is 11.9 Å². The highest BCUT2D eigenvalue weighted by atomic mass is 16.2. The van der Waals surface area contributed by atoms with Crippen LogP contribution in [0, 0.1) is 6.92 Å². The number of hydrogen-bond donors (Lipinski definition) is 2. The summed E-state index contributed by atoms with van der Waals surface area (Å²) in [7, 11) is 0. The van der Waals surface area contributed by atoms with Crippen LogP contribution in [0.1, 0.15) is 21.5 Å². The number of aryl methyl sites for hydroxylation is 1. The first-order valence-corrected chi connectivity index (χ1v) is 8.14. The van der Waals surface area contributed by atoms with Crippen LogP contribution in [0.2, 0.25) is 0 Å². The third kappa shape index (κ3) is 3.94. The standard InChI is InChI=1S/C19H19N5O2/c1-13-9-15(7-8-17(13)24-12-21-11-22-24)19(26)23-16(18(20)25)10-14-5-3-2-4-6-14/h2-9,11-12,16H,10H2,1H3,(H2,20,25)(H,23,26). The number of nitrogens with zero attached hydrogens (tertiary/aromatic N) is 3. The molecule has 2 aromatic carbocycles. The number of primary amides is 1. The van der Waals surface area contributed by atoms with E-state index in [1.807, 2.05) is 37.3 Å². The van der Waals surface area contributed by atoms with Crippen molar-refractivity contribution in [2.24, 2.45) is 5.73 Å². The monoisotopic (exact) mass is 349 g/mol. The lowest BCUT2D eigenvalue weighted by Crippen LogP contribution is -2.45. The average Bonchev–Trinajstić information content (AvgIpc) is 3.16. The lowest BCUT2D eigenvalue weighted by Gasteiger charge is -2.16. The molecule has 3 N–H and O–H groups in total. The molecular weight excluding hydrogens is 330 g/mol. The summed E-state index contributed by atoms with van der Waals surface area (Å²) in [4.78, 5) is 28.2. The number of hydrogen-bond acceptors (Lipinski definition) is 4. The van der Waals surface area contributed by atoms with Crippen molar-refractivity contribution in [2.45, 2.75) is 19.4 Å². The Bertz CT molecular complexity index is 907. The third-order valence-corrected chi connectivity index (χ3v) is 4.06. The zero-order chi connectivity index (χ0) is 18.5. The maximum absolute atomic E-state index is 12.5. The van der Waals surface area contributed by atoms with Gasteiger partial charge in [-0.25, -0.2) is 9.67 Å². The zero-order valence-corrected chi connectivity index (χ0v) is 14.3. The molecule has 0 saturated carbocycles. The van der Waals surface area contributed by atoms with Gasteiger partial charge in [0, 0.05) is 12.0 Å². The number of amides is 2. The quantitative estimate of drug-likeness (QED) is 0.702. The summed E-state index contributed by atoms with van der Waals surface area (Å²) in [5, 5.41) is 6.80. The highest BCUT2D eigenvalue weighted by Gasteiger charge is 2.20. The fourth-order valence-corrected chi connectivity index (χ4v) is 2.70. The maximum atomic E-state index is 12.5. The number of nitrogens with two attached hydrogens (primary N) is 1. The summed E-state index contributed by atoms with van der Waals surface area (Å²) in [6.07, 6.45) is 3.38. The minimum absolute atomic E-state index is 0.345. The van der Waals surface area contributed by atoms with Crippen LogP contribution in [-0.2, 0) is 11.2 Å². The molecule has 0 radical (unpaired) electrons. The Morgan fingerprint density at radius 1 is 1.19 bits per heavy atom. The summed E-state index contributed by atoms with van der Waals surface area (Å²) in [6, 6.07) is 13.9. The molecule has 0 fully saturated rings. The van der Waals surface area contributed by atoms with Gasteiger partial charge in [-0.15, -0.1) is 0 Å². The highest BCUT2D eigenvalue weighted by molar-refractivity contribution is 5.97. The van der Waals surface area contributed by atoms with Crippen LogP contribution >= 0.6 is 0 Å². The van der Waals surface area contributed by atoms with Crippen molar-refractivity contribution in [1.29, 1.82) is 0 Å². The summed E-state index contributed by atoms with van der Waals surface area (Å²) >= 11 is 0.